The Morgan fingerprint density at radius 3 is 2.33 bits per heavy atom. The molecule has 0 saturated carbocycles. The number of sulfone groups is 1. The third-order valence-electron chi connectivity index (χ3n) is 2.33. The molecule has 0 fully saturated rings. The molecule has 0 aromatic heterocycles. The first-order valence-corrected chi connectivity index (χ1v) is 6.56. The lowest BCUT2D eigenvalue weighted by Gasteiger charge is -2.08. The number of hydrogen-bond donors (Lipinski definition) is 0. The highest BCUT2D eigenvalue weighted by atomic mass is 32.2. The van der Waals surface area contributed by atoms with Crippen LogP contribution in [-0.2, 0) is 9.84 Å². The lowest BCUT2D eigenvalue weighted by atomic mass is 10.0. The van der Waals surface area contributed by atoms with E-state index in [0.29, 0.717) is 5.56 Å². The zero-order valence-corrected chi connectivity index (χ0v) is 9.94. The molecule has 1 aromatic rings. The van der Waals surface area contributed by atoms with Crippen LogP contribution in [0.2, 0.25) is 0 Å². The van der Waals surface area contributed by atoms with E-state index >= 15 is 0 Å². The molecule has 0 aliphatic rings. The molecule has 0 bridgehead atoms. The van der Waals surface area contributed by atoms with Gasteiger partial charge in [0.1, 0.15) is 5.82 Å². The Kier molecular flexibility index (Phi) is 3.50. The van der Waals surface area contributed by atoms with E-state index in [9.17, 15) is 12.8 Å². The van der Waals surface area contributed by atoms with Crippen molar-refractivity contribution in [1.29, 1.82) is 0 Å². The molecular formula is C11H15FO2S. The van der Waals surface area contributed by atoms with Gasteiger partial charge in [0.15, 0.2) is 9.84 Å². The summed E-state index contributed by atoms with van der Waals surface area (Å²) < 4.78 is 36.4. The molecule has 1 aromatic carbocycles. The first kappa shape index (κ1) is 12.2. The van der Waals surface area contributed by atoms with Crippen molar-refractivity contribution < 1.29 is 12.8 Å². The topological polar surface area (TPSA) is 34.1 Å². The van der Waals surface area contributed by atoms with Gasteiger partial charge in [-0.1, -0.05) is 26.8 Å². The van der Waals surface area contributed by atoms with E-state index < -0.39 is 15.7 Å². The summed E-state index contributed by atoms with van der Waals surface area (Å²) in [5.74, 6) is -0.393. The van der Waals surface area contributed by atoms with E-state index in [2.05, 4.69) is 0 Å². The van der Waals surface area contributed by atoms with Crippen molar-refractivity contribution in [2.75, 3.05) is 5.75 Å². The van der Waals surface area contributed by atoms with Crippen LogP contribution in [0, 0.1) is 5.82 Å². The van der Waals surface area contributed by atoms with E-state index in [1.165, 1.54) is 6.07 Å². The van der Waals surface area contributed by atoms with Crippen molar-refractivity contribution in [2.24, 2.45) is 0 Å². The van der Waals surface area contributed by atoms with Crippen molar-refractivity contribution >= 4 is 9.84 Å². The molecule has 0 amide bonds. The van der Waals surface area contributed by atoms with E-state index in [1.807, 2.05) is 13.8 Å². The first-order chi connectivity index (χ1) is 6.88. The van der Waals surface area contributed by atoms with Gasteiger partial charge in [-0.15, -0.1) is 0 Å². The largest absolute Gasteiger partial charge is 0.224 e. The summed E-state index contributed by atoms with van der Waals surface area (Å²) >= 11 is 0. The highest BCUT2D eigenvalue weighted by molar-refractivity contribution is 7.91. The van der Waals surface area contributed by atoms with Gasteiger partial charge in [-0.2, -0.15) is 0 Å². The summed E-state index contributed by atoms with van der Waals surface area (Å²) in [5.41, 5.74) is 0.546. The number of halogens is 1. The van der Waals surface area contributed by atoms with Gasteiger partial charge in [0.2, 0.25) is 0 Å². The Morgan fingerprint density at radius 1 is 1.33 bits per heavy atom. The quantitative estimate of drug-likeness (QED) is 0.800. The summed E-state index contributed by atoms with van der Waals surface area (Å²) in [7, 11) is -3.30. The van der Waals surface area contributed by atoms with Gasteiger partial charge in [0, 0.05) is 0 Å². The van der Waals surface area contributed by atoms with Crippen molar-refractivity contribution in [1.82, 2.24) is 0 Å². The van der Waals surface area contributed by atoms with Gasteiger partial charge in [-0.25, -0.2) is 12.8 Å². The second-order valence-corrected chi connectivity index (χ2v) is 6.02. The minimum Gasteiger partial charge on any atom is -0.224 e. The van der Waals surface area contributed by atoms with Crippen LogP contribution in [-0.4, -0.2) is 14.2 Å². The van der Waals surface area contributed by atoms with Crippen LogP contribution in [0.25, 0.3) is 0 Å². The van der Waals surface area contributed by atoms with Gasteiger partial charge >= 0.3 is 0 Å². The van der Waals surface area contributed by atoms with Gasteiger partial charge < -0.3 is 0 Å². The van der Waals surface area contributed by atoms with Crippen LogP contribution in [0.4, 0.5) is 4.39 Å². The standard InChI is InChI=1S/C11H15FO2S/c1-4-15(13,14)9-5-6-10(8(2)3)11(12)7-9/h5-8H,4H2,1-3H3. The van der Waals surface area contributed by atoms with Gasteiger partial charge in [0.25, 0.3) is 0 Å². The molecule has 2 nitrogen and oxygen atoms in total. The predicted molar refractivity (Wildman–Crippen MR) is 58.2 cm³/mol. The maximum absolute atomic E-state index is 13.5. The van der Waals surface area contributed by atoms with Gasteiger partial charge in [-0.3, -0.25) is 0 Å². The van der Waals surface area contributed by atoms with E-state index in [4.69, 9.17) is 0 Å². The van der Waals surface area contributed by atoms with Crippen molar-refractivity contribution in [3.05, 3.63) is 29.6 Å². The molecule has 0 atom stereocenters. The number of rotatable bonds is 3. The van der Waals surface area contributed by atoms with Crippen LogP contribution in [0.3, 0.4) is 0 Å². The Hall–Kier alpha value is -0.900. The lowest BCUT2D eigenvalue weighted by Crippen LogP contribution is -2.05. The molecule has 0 unspecified atom stereocenters. The molecule has 4 heteroatoms. The molecule has 0 aliphatic heterocycles. The molecule has 0 N–H and O–H groups in total. The molecular weight excluding hydrogens is 215 g/mol. The molecule has 0 heterocycles. The zero-order valence-electron chi connectivity index (χ0n) is 9.12. The highest BCUT2D eigenvalue weighted by Gasteiger charge is 2.15. The SMILES string of the molecule is CCS(=O)(=O)c1ccc(C(C)C)c(F)c1. The summed E-state index contributed by atoms with van der Waals surface area (Å²) in [6.07, 6.45) is 0. The smallest absolute Gasteiger partial charge is 0.178 e. The molecule has 0 spiro atoms. The minimum absolute atomic E-state index is 0.00648. The van der Waals surface area contributed by atoms with Crippen molar-refractivity contribution in [2.45, 2.75) is 31.6 Å². The second kappa shape index (κ2) is 4.31. The van der Waals surface area contributed by atoms with Crippen LogP contribution >= 0.6 is 0 Å². The van der Waals surface area contributed by atoms with E-state index in [0.717, 1.165) is 6.07 Å². The molecule has 0 saturated heterocycles. The summed E-state index contributed by atoms with van der Waals surface area (Å²) in [5, 5.41) is 0. The fraction of sp³-hybridized carbons (Fsp3) is 0.455. The fourth-order valence-corrected chi connectivity index (χ4v) is 2.23. The van der Waals surface area contributed by atoms with Crippen molar-refractivity contribution in [3.8, 4) is 0 Å². The van der Waals surface area contributed by atoms with Gasteiger partial charge in [-0.05, 0) is 23.6 Å². The fourth-order valence-electron chi connectivity index (χ4n) is 1.34. The number of hydrogen-bond acceptors (Lipinski definition) is 2. The zero-order chi connectivity index (χ0) is 11.6. The monoisotopic (exact) mass is 230 g/mol. The van der Waals surface area contributed by atoms with Crippen molar-refractivity contribution in [3.63, 3.8) is 0 Å². The Labute approximate surface area is 90.0 Å². The third kappa shape index (κ3) is 2.56. The molecule has 1 rings (SSSR count). The van der Waals surface area contributed by atoms with E-state index in [1.54, 1.807) is 13.0 Å². The second-order valence-electron chi connectivity index (χ2n) is 3.74. The Morgan fingerprint density at radius 2 is 1.93 bits per heavy atom. The third-order valence-corrected chi connectivity index (χ3v) is 4.07. The average molecular weight is 230 g/mol. The van der Waals surface area contributed by atoms with Crippen LogP contribution < -0.4 is 0 Å². The average Bonchev–Trinajstić information content (AvgIpc) is 2.17. The highest BCUT2D eigenvalue weighted by Crippen LogP contribution is 2.21. The van der Waals surface area contributed by atoms with E-state index in [-0.39, 0.29) is 16.6 Å². The normalized spacial score (nSPS) is 12.1. The van der Waals surface area contributed by atoms with Crippen LogP contribution in [0.5, 0.6) is 0 Å². The summed E-state index contributed by atoms with van der Waals surface area (Å²) in [4.78, 5) is 0.0619. The molecule has 84 valence electrons. The Balaban J connectivity index is 3.24. The first-order valence-electron chi connectivity index (χ1n) is 4.90. The maximum atomic E-state index is 13.5. The van der Waals surface area contributed by atoms with Crippen LogP contribution in [0.15, 0.2) is 23.1 Å². The predicted octanol–water partition coefficient (Wildman–Crippen LogP) is 2.74. The molecule has 15 heavy (non-hydrogen) atoms. The molecule has 0 aliphatic carbocycles. The lowest BCUT2D eigenvalue weighted by molar-refractivity contribution is 0.582. The number of benzene rings is 1. The Bertz CT molecular complexity index is 450. The van der Waals surface area contributed by atoms with Crippen LogP contribution in [0.1, 0.15) is 32.3 Å². The minimum atomic E-state index is -3.30. The molecule has 0 radical (unpaired) electrons. The summed E-state index contributed by atoms with van der Waals surface area (Å²) in [6, 6.07) is 4.12. The summed E-state index contributed by atoms with van der Waals surface area (Å²) in [6.45, 7) is 5.28. The maximum Gasteiger partial charge on any atom is 0.178 e. The van der Waals surface area contributed by atoms with Gasteiger partial charge in [0.05, 0.1) is 10.6 Å².